The van der Waals surface area contributed by atoms with Crippen molar-refractivity contribution in [2.75, 3.05) is 9.80 Å². The van der Waals surface area contributed by atoms with E-state index in [-0.39, 0.29) is 0 Å². The number of hydrogen-bond acceptors (Lipinski definition) is 4. The van der Waals surface area contributed by atoms with Gasteiger partial charge in [-0.25, -0.2) is 0 Å². The van der Waals surface area contributed by atoms with Crippen molar-refractivity contribution in [3.05, 3.63) is 35.8 Å². The monoisotopic (exact) mass is 494 g/mol. The quantitative estimate of drug-likeness (QED) is 0.405. The summed E-state index contributed by atoms with van der Waals surface area (Å²) in [5.41, 5.74) is 1.80. The number of hydrogen-bond donors (Lipinski definition) is 0. The van der Waals surface area contributed by atoms with Crippen molar-refractivity contribution in [1.29, 1.82) is 0 Å². The Kier molecular flexibility index (Phi) is 5.56. The van der Waals surface area contributed by atoms with Crippen LogP contribution in [0.2, 0.25) is 24.2 Å². The van der Waals surface area contributed by atoms with Crippen LogP contribution in [0.15, 0.2) is 33.1 Å². The molecule has 192 valence electrons. The summed E-state index contributed by atoms with van der Waals surface area (Å²) >= 11 is 0. The second-order valence-electron chi connectivity index (χ2n) is 13.5. The van der Waals surface area contributed by atoms with E-state index in [1.54, 1.807) is 0 Å². The first-order valence-electron chi connectivity index (χ1n) is 14.3. The van der Waals surface area contributed by atoms with E-state index in [9.17, 15) is 0 Å². The van der Waals surface area contributed by atoms with E-state index in [2.05, 4.69) is 88.7 Å². The van der Waals surface area contributed by atoms with E-state index in [0.717, 1.165) is 58.0 Å². The Balaban J connectivity index is 1.28. The van der Waals surface area contributed by atoms with Gasteiger partial charge in [-0.2, -0.15) is 0 Å². The van der Waals surface area contributed by atoms with Crippen LogP contribution >= 0.6 is 0 Å². The lowest BCUT2D eigenvalue weighted by atomic mass is 9.99. The highest BCUT2D eigenvalue weighted by molar-refractivity contribution is 6.80. The van der Waals surface area contributed by atoms with Gasteiger partial charge in [-0.3, -0.25) is 0 Å². The van der Waals surface area contributed by atoms with Crippen LogP contribution < -0.4 is 9.80 Å². The Morgan fingerprint density at radius 1 is 0.657 bits per heavy atom. The van der Waals surface area contributed by atoms with Crippen molar-refractivity contribution in [3.63, 3.8) is 0 Å². The van der Waals surface area contributed by atoms with Crippen LogP contribution in [-0.4, -0.2) is 32.2 Å². The highest BCUT2D eigenvalue weighted by Gasteiger charge is 2.62. The summed E-state index contributed by atoms with van der Waals surface area (Å²) in [6.45, 7) is 19.8. The fourth-order valence-electron chi connectivity index (χ4n) is 10.3. The first kappa shape index (κ1) is 23.8. The van der Waals surface area contributed by atoms with Gasteiger partial charge in [-0.15, -0.1) is 0 Å². The van der Waals surface area contributed by atoms with Gasteiger partial charge >= 0.3 is 0 Å². The smallest absolute Gasteiger partial charge is 0.196 e. The summed E-state index contributed by atoms with van der Waals surface area (Å²) in [6, 6.07) is 11.2. The summed E-state index contributed by atoms with van der Waals surface area (Å²) in [6.07, 6.45) is 5.33. The van der Waals surface area contributed by atoms with Gasteiger partial charge in [0.05, 0.1) is 8.07 Å². The van der Waals surface area contributed by atoms with E-state index < -0.39 is 8.07 Å². The third-order valence-corrected chi connectivity index (χ3v) is 16.4. The fraction of sp³-hybridized carbons (Fsp3) is 0.733. The van der Waals surface area contributed by atoms with Crippen LogP contribution in [0.25, 0.3) is 0 Å². The maximum atomic E-state index is 6.17. The number of rotatable bonds is 4. The van der Waals surface area contributed by atoms with Crippen LogP contribution in [0.5, 0.6) is 0 Å². The Morgan fingerprint density at radius 2 is 1.06 bits per heavy atom. The maximum Gasteiger partial charge on any atom is 0.196 e. The molecule has 0 bridgehead atoms. The standard InChI is InChI=1S/C30H46N2O2Si/c1-17-13-25-23(15-19(3)31(25)27-11-9-21(5)33-27)29(17)35(7,8)30-18(2)14-26-24(30)16-20(4)32(26)28-12-10-22(6)34-28/h9-12,17-20,23-26,29-30H,13-16H2,1-8H3. The molecular formula is C30H46N2O2Si. The molecule has 2 aliphatic carbocycles. The molecule has 4 heterocycles. The van der Waals surface area contributed by atoms with Crippen molar-refractivity contribution in [2.45, 2.75) is 116 Å². The van der Waals surface area contributed by atoms with Crippen molar-refractivity contribution in [3.8, 4) is 0 Å². The Hall–Kier alpha value is -1.62. The molecule has 5 heteroatoms. The van der Waals surface area contributed by atoms with E-state index >= 15 is 0 Å². The summed E-state index contributed by atoms with van der Waals surface area (Å²) < 4.78 is 12.3. The molecule has 10 atom stereocenters. The van der Waals surface area contributed by atoms with Crippen LogP contribution in [0, 0.1) is 37.5 Å². The molecular weight excluding hydrogens is 448 g/mol. The number of furan rings is 2. The topological polar surface area (TPSA) is 32.8 Å². The van der Waals surface area contributed by atoms with E-state index in [1.165, 1.54) is 25.7 Å². The molecule has 10 unspecified atom stereocenters. The van der Waals surface area contributed by atoms with Gasteiger partial charge in [-0.05, 0) is 100 Å². The molecule has 2 saturated carbocycles. The molecule has 0 radical (unpaired) electrons. The predicted octanol–water partition coefficient (Wildman–Crippen LogP) is 7.88. The van der Waals surface area contributed by atoms with Crippen LogP contribution in [0.4, 0.5) is 11.8 Å². The highest BCUT2D eigenvalue weighted by atomic mass is 28.3. The minimum atomic E-state index is -1.56. The second-order valence-corrected chi connectivity index (χ2v) is 18.5. The Morgan fingerprint density at radius 3 is 1.40 bits per heavy atom. The predicted molar refractivity (Wildman–Crippen MR) is 147 cm³/mol. The zero-order valence-corrected chi connectivity index (χ0v) is 24.1. The molecule has 4 nitrogen and oxygen atoms in total. The molecule has 2 aliphatic heterocycles. The minimum Gasteiger partial charge on any atom is -0.446 e. The molecule has 35 heavy (non-hydrogen) atoms. The normalized spacial score (nSPS) is 41.1. The van der Waals surface area contributed by atoms with Crippen molar-refractivity contribution < 1.29 is 8.83 Å². The molecule has 6 rings (SSSR count). The van der Waals surface area contributed by atoms with E-state index in [4.69, 9.17) is 8.83 Å². The lowest BCUT2D eigenvalue weighted by molar-refractivity contribution is 0.435. The highest BCUT2D eigenvalue weighted by Crippen LogP contribution is 2.64. The zero-order chi connectivity index (χ0) is 24.8. The van der Waals surface area contributed by atoms with Crippen LogP contribution in [-0.2, 0) is 0 Å². The van der Waals surface area contributed by atoms with Gasteiger partial charge in [0.25, 0.3) is 0 Å². The molecule has 0 amide bonds. The van der Waals surface area contributed by atoms with Crippen LogP contribution in [0.3, 0.4) is 0 Å². The zero-order valence-electron chi connectivity index (χ0n) is 23.1. The molecule has 0 N–H and O–H groups in total. The third kappa shape index (κ3) is 3.50. The lowest BCUT2D eigenvalue weighted by Gasteiger charge is -2.45. The van der Waals surface area contributed by atoms with Crippen molar-refractivity contribution in [2.24, 2.45) is 23.7 Å². The SMILES string of the molecule is Cc1ccc(N2C(C)CC3C2CC(C)C3[Si](C)(C)C2C(C)CC3C2CC(C)N3c2ccc(C)o2)o1. The van der Waals surface area contributed by atoms with Crippen molar-refractivity contribution >= 4 is 19.8 Å². The molecule has 4 fully saturated rings. The van der Waals surface area contributed by atoms with Gasteiger partial charge in [0, 0.05) is 36.3 Å². The summed E-state index contributed by atoms with van der Waals surface area (Å²) in [5, 5.41) is 0. The first-order valence-corrected chi connectivity index (χ1v) is 17.4. The summed E-state index contributed by atoms with van der Waals surface area (Å²) in [7, 11) is -1.56. The number of anilines is 2. The Labute approximate surface area is 213 Å². The van der Waals surface area contributed by atoms with Gasteiger partial charge in [0.2, 0.25) is 0 Å². The van der Waals surface area contributed by atoms with Gasteiger partial charge in [0.15, 0.2) is 11.8 Å². The molecule has 4 aliphatic rings. The first-order chi connectivity index (χ1) is 16.6. The minimum absolute atomic E-state index is 0.577. The number of fused-ring (bicyclic) bond motifs is 2. The summed E-state index contributed by atoms with van der Waals surface area (Å²) in [4.78, 5) is 5.33. The second kappa shape index (κ2) is 8.19. The molecule has 2 aromatic heterocycles. The lowest BCUT2D eigenvalue weighted by Crippen LogP contribution is -2.46. The largest absolute Gasteiger partial charge is 0.446 e. The van der Waals surface area contributed by atoms with Crippen LogP contribution in [0.1, 0.15) is 64.9 Å². The van der Waals surface area contributed by atoms with Crippen molar-refractivity contribution in [1.82, 2.24) is 0 Å². The molecule has 0 aromatic carbocycles. The molecule has 2 aromatic rings. The van der Waals surface area contributed by atoms with E-state index in [1.807, 2.05) is 0 Å². The third-order valence-electron chi connectivity index (χ3n) is 10.9. The number of aryl methyl sites for hydroxylation is 2. The fourth-order valence-corrected chi connectivity index (χ4v) is 16.9. The van der Waals surface area contributed by atoms with E-state index in [0.29, 0.717) is 24.2 Å². The number of nitrogens with zero attached hydrogens (tertiary/aromatic N) is 2. The van der Waals surface area contributed by atoms with Gasteiger partial charge in [-0.1, -0.05) is 26.9 Å². The summed E-state index contributed by atoms with van der Waals surface area (Å²) in [5.74, 6) is 7.55. The van der Waals surface area contributed by atoms with Gasteiger partial charge in [0.1, 0.15) is 11.5 Å². The molecule has 0 spiro atoms. The maximum absolute atomic E-state index is 6.17. The Bertz CT molecular complexity index is 992. The average molecular weight is 495 g/mol. The molecule has 2 saturated heterocycles. The van der Waals surface area contributed by atoms with Gasteiger partial charge < -0.3 is 18.6 Å². The average Bonchev–Trinajstić information content (AvgIpc) is 3.57.